The van der Waals surface area contributed by atoms with Crippen molar-refractivity contribution < 1.29 is 14.7 Å². The number of nitrogens with one attached hydrogen (secondary N) is 1. The fourth-order valence-corrected chi connectivity index (χ4v) is 1.78. The second-order valence-electron chi connectivity index (χ2n) is 4.59. The summed E-state index contributed by atoms with van der Waals surface area (Å²) in [5.74, 6) is -1.19. The third-order valence-corrected chi connectivity index (χ3v) is 2.84. The highest BCUT2D eigenvalue weighted by Gasteiger charge is 2.25. The molecule has 2 amide bonds. The van der Waals surface area contributed by atoms with E-state index in [2.05, 4.69) is 5.32 Å². The molecule has 5 nitrogen and oxygen atoms in total. The van der Waals surface area contributed by atoms with Gasteiger partial charge in [-0.25, -0.2) is 9.59 Å². The summed E-state index contributed by atoms with van der Waals surface area (Å²) in [5.41, 5.74) is 0.746. The van der Waals surface area contributed by atoms with Gasteiger partial charge in [0.2, 0.25) is 0 Å². The van der Waals surface area contributed by atoms with Crippen molar-refractivity contribution >= 4 is 17.7 Å². The van der Waals surface area contributed by atoms with E-state index in [1.165, 1.54) is 4.90 Å². The molecule has 1 atom stereocenters. The Morgan fingerprint density at radius 2 is 1.84 bits per heavy atom. The number of para-hydroxylation sites is 1. The number of hydrogen-bond donors (Lipinski definition) is 2. The molecule has 0 unspecified atom stereocenters. The van der Waals surface area contributed by atoms with Crippen molar-refractivity contribution in [3.8, 4) is 0 Å². The molecule has 0 radical (unpaired) electrons. The number of rotatable bonds is 5. The number of carboxylic acid groups (broad SMARTS) is 1. The number of aliphatic carboxylic acids is 1. The van der Waals surface area contributed by atoms with Crippen molar-refractivity contribution in [1.29, 1.82) is 0 Å². The summed E-state index contributed by atoms with van der Waals surface area (Å²) in [4.78, 5) is 24.7. The predicted molar refractivity (Wildman–Crippen MR) is 74.3 cm³/mol. The number of carbonyl (C=O) groups excluding carboxylic acids is 1. The Morgan fingerprint density at radius 1 is 1.26 bits per heavy atom. The van der Waals surface area contributed by atoms with E-state index in [9.17, 15) is 9.59 Å². The minimum Gasteiger partial charge on any atom is -0.480 e. The summed E-state index contributed by atoms with van der Waals surface area (Å²) >= 11 is 0. The van der Waals surface area contributed by atoms with E-state index in [4.69, 9.17) is 5.11 Å². The predicted octanol–water partition coefficient (Wildman–Crippen LogP) is 2.33. The van der Waals surface area contributed by atoms with E-state index in [-0.39, 0.29) is 5.92 Å². The topological polar surface area (TPSA) is 69.6 Å². The molecule has 0 aromatic heterocycles. The standard InChI is InChI=1S/C14H20N2O3/c1-4-16(11-8-6-5-7-9-11)14(19)15-12(10(2)3)13(17)18/h5-10,12H,4H2,1-3H3,(H,15,19)(H,17,18)/t12-/m0/s1. The Hall–Kier alpha value is -2.04. The maximum atomic E-state index is 12.1. The van der Waals surface area contributed by atoms with Crippen LogP contribution in [0.1, 0.15) is 20.8 Å². The molecular formula is C14H20N2O3. The van der Waals surface area contributed by atoms with Crippen LogP contribution in [0.4, 0.5) is 10.5 Å². The quantitative estimate of drug-likeness (QED) is 0.857. The monoisotopic (exact) mass is 264 g/mol. The molecule has 1 aromatic rings. The van der Waals surface area contributed by atoms with Crippen LogP contribution in [0.3, 0.4) is 0 Å². The average molecular weight is 264 g/mol. The number of nitrogens with zero attached hydrogens (tertiary/aromatic N) is 1. The van der Waals surface area contributed by atoms with Gasteiger partial charge >= 0.3 is 12.0 Å². The van der Waals surface area contributed by atoms with Gasteiger partial charge in [-0.3, -0.25) is 4.90 Å². The van der Waals surface area contributed by atoms with Gasteiger partial charge in [0.15, 0.2) is 0 Å². The van der Waals surface area contributed by atoms with E-state index >= 15 is 0 Å². The first-order valence-electron chi connectivity index (χ1n) is 6.33. The van der Waals surface area contributed by atoms with E-state index in [0.717, 1.165) is 5.69 Å². The number of benzene rings is 1. The molecule has 0 saturated carbocycles. The molecule has 0 spiro atoms. The van der Waals surface area contributed by atoms with Gasteiger partial charge in [-0.05, 0) is 25.0 Å². The van der Waals surface area contributed by atoms with E-state index in [0.29, 0.717) is 6.54 Å². The van der Waals surface area contributed by atoms with Crippen LogP contribution in [0.25, 0.3) is 0 Å². The molecule has 0 heterocycles. The number of urea groups is 1. The molecule has 0 saturated heterocycles. The van der Waals surface area contributed by atoms with Crippen LogP contribution in [0.15, 0.2) is 30.3 Å². The van der Waals surface area contributed by atoms with E-state index in [1.807, 2.05) is 37.3 Å². The first kappa shape index (κ1) is 15.0. The van der Waals surface area contributed by atoms with Gasteiger partial charge in [0.25, 0.3) is 0 Å². The van der Waals surface area contributed by atoms with Crippen molar-refractivity contribution in [2.24, 2.45) is 5.92 Å². The second-order valence-corrected chi connectivity index (χ2v) is 4.59. The first-order chi connectivity index (χ1) is 8.97. The third kappa shape index (κ3) is 3.98. The Labute approximate surface area is 113 Å². The van der Waals surface area contributed by atoms with Crippen LogP contribution >= 0.6 is 0 Å². The van der Waals surface area contributed by atoms with Crippen molar-refractivity contribution in [1.82, 2.24) is 5.32 Å². The normalized spacial score (nSPS) is 12.0. The summed E-state index contributed by atoms with van der Waals surface area (Å²) in [6.45, 7) is 5.84. The molecule has 1 rings (SSSR count). The molecule has 0 bridgehead atoms. The van der Waals surface area contributed by atoms with Gasteiger partial charge in [0.1, 0.15) is 6.04 Å². The molecule has 2 N–H and O–H groups in total. The van der Waals surface area contributed by atoms with Crippen LogP contribution in [0.5, 0.6) is 0 Å². The Morgan fingerprint density at radius 3 is 2.26 bits per heavy atom. The molecule has 5 heteroatoms. The second kappa shape index (κ2) is 6.78. The van der Waals surface area contributed by atoms with Gasteiger partial charge in [-0.2, -0.15) is 0 Å². The van der Waals surface area contributed by atoms with Crippen molar-refractivity contribution in [2.45, 2.75) is 26.8 Å². The molecule has 0 fully saturated rings. The SMILES string of the molecule is CCN(C(=O)N[C@H](C(=O)O)C(C)C)c1ccccc1. The zero-order chi connectivity index (χ0) is 14.4. The van der Waals surface area contributed by atoms with Crippen molar-refractivity contribution in [2.75, 3.05) is 11.4 Å². The maximum Gasteiger partial charge on any atom is 0.326 e. The zero-order valence-electron chi connectivity index (χ0n) is 11.5. The lowest BCUT2D eigenvalue weighted by Gasteiger charge is -2.25. The largest absolute Gasteiger partial charge is 0.480 e. The summed E-state index contributed by atoms with van der Waals surface area (Å²) < 4.78 is 0. The molecular weight excluding hydrogens is 244 g/mol. The fraction of sp³-hybridized carbons (Fsp3) is 0.429. The number of hydrogen-bond acceptors (Lipinski definition) is 2. The first-order valence-corrected chi connectivity index (χ1v) is 6.33. The molecule has 0 aliphatic rings. The highest BCUT2D eigenvalue weighted by Crippen LogP contribution is 2.13. The Balaban J connectivity index is 2.83. The van der Waals surface area contributed by atoms with Crippen molar-refractivity contribution in [3.05, 3.63) is 30.3 Å². The van der Waals surface area contributed by atoms with Gasteiger partial charge in [-0.1, -0.05) is 32.0 Å². The summed E-state index contributed by atoms with van der Waals surface area (Å²) in [6, 6.07) is 7.89. The molecule has 19 heavy (non-hydrogen) atoms. The van der Waals surface area contributed by atoms with E-state index in [1.54, 1.807) is 13.8 Å². The molecule has 0 aliphatic heterocycles. The summed E-state index contributed by atoms with van der Waals surface area (Å²) in [6.07, 6.45) is 0. The lowest BCUT2D eigenvalue weighted by atomic mass is 10.1. The molecule has 104 valence electrons. The van der Waals surface area contributed by atoms with Gasteiger partial charge in [0, 0.05) is 12.2 Å². The smallest absolute Gasteiger partial charge is 0.326 e. The molecule has 0 aliphatic carbocycles. The van der Waals surface area contributed by atoms with Gasteiger partial charge in [-0.15, -0.1) is 0 Å². The maximum absolute atomic E-state index is 12.1. The van der Waals surface area contributed by atoms with Crippen LogP contribution in [0.2, 0.25) is 0 Å². The lowest BCUT2D eigenvalue weighted by Crippen LogP contribution is -2.50. The van der Waals surface area contributed by atoms with Crippen LogP contribution in [-0.2, 0) is 4.79 Å². The fourth-order valence-electron chi connectivity index (χ4n) is 1.78. The lowest BCUT2D eigenvalue weighted by molar-refractivity contribution is -0.140. The summed E-state index contributed by atoms with van der Waals surface area (Å²) in [5, 5.41) is 11.6. The van der Waals surface area contributed by atoms with E-state index < -0.39 is 18.0 Å². The number of carboxylic acids is 1. The van der Waals surface area contributed by atoms with Gasteiger partial charge in [0.05, 0.1) is 0 Å². The third-order valence-electron chi connectivity index (χ3n) is 2.84. The highest BCUT2D eigenvalue weighted by molar-refractivity contribution is 5.94. The van der Waals surface area contributed by atoms with Crippen LogP contribution < -0.4 is 10.2 Å². The zero-order valence-corrected chi connectivity index (χ0v) is 11.5. The van der Waals surface area contributed by atoms with Crippen molar-refractivity contribution in [3.63, 3.8) is 0 Å². The van der Waals surface area contributed by atoms with Gasteiger partial charge < -0.3 is 10.4 Å². The number of carbonyl (C=O) groups is 2. The Bertz CT molecular complexity index is 432. The average Bonchev–Trinajstić information content (AvgIpc) is 2.37. The highest BCUT2D eigenvalue weighted by atomic mass is 16.4. The molecule has 1 aromatic carbocycles. The number of amides is 2. The Kier molecular flexibility index (Phi) is 5.36. The summed E-state index contributed by atoms with van der Waals surface area (Å²) in [7, 11) is 0. The minimum absolute atomic E-state index is 0.170. The minimum atomic E-state index is -1.02. The number of anilines is 1. The van der Waals surface area contributed by atoms with Crippen LogP contribution in [-0.4, -0.2) is 29.7 Å². The van der Waals surface area contributed by atoms with Crippen LogP contribution in [0, 0.1) is 5.92 Å².